The molecule has 3 nitrogen and oxygen atoms in total. The Kier molecular flexibility index (Phi) is 2.37. The van der Waals surface area contributed by atoms with Crippen molar-refractivity contribution in [2.45, 2.75) is 51.2 Å². The third kappa shape index (κ3) is 1.45. The Balaban J connectivity index is 1.82. The summed E-state index contributed by atoms with van der Waals surface area (Å²) in [6.45, 7) is 3.59. The molecule has 3 rings (SSSR count). The van der Waals surface area contributed by atoms with Crippen LogP contribution in [0.2, 0.25) is 0 Å². The molecule has 1 aliphatic heterocycles. The Morgan fingerprint density at radius 1 is 1.25 bits per heavy atom. The number of ether oxygens (including phenoxy) is 2. The predicted molar refractivity (Wildman–Crippen MR) is 58.9 cm³/mol. The highest BCUT2D eigenvalue weighted by Crippen LogP contribution is 2.53. The van der Waals surface area contributed by atoms with Crippen LogP contribution >= 0.6 is 0 Å². The van der Waals surface area contributed by atoms with E-state index in [-0.39, 0.29) is 11.2 Å². The van der Waals surface area contributed by atoms with E-state index >= 15 is 0 Å². The van der Waals surface area contributed by atoms with Crippen molar-refractivity contribution in [3.8, 4) is 0 Å². The van der Waals surface area contributed by atoms with E-state index in [1.165, 1.54) is 0 Å². The minimum atomic E-state index is -0.332. The van der Waals surface area contributed by atoms with Gasteiger partial charge in [0, 0.05) is 24.7 Å². The largest absolute Gasteiger partial charge is 0.348 e. The molecule has 90 valence electrons. The van der Waals surface area contributed by atoms with Gasteiger partial charge < -0.3 is 9.47 Å². The number of carbonyl (C=O) groups excluding carboxylic acids is 1. The molecule has 0 bridgehead atoms. The summed E-state index contributed by atoms with van der Waals surface area (Å²) in [4.78, 5) is 12.1. The summed E-state index contributed by atoms with van der Waals surface area (Å²) in [5, 5.41) is 0. The topological polar surface area (TPSA) is 35.5 Å². The van der Waals surface area contributed by atoms with Gasteiger partial charge in [0.15, 0.2) is 5.79 Å². The van der Waals surface area contributed by atoms with E-state index in [1.54, 1.807) is 0 Å². The summed E-state index contributed by atoms with van der Waals surface area (Å²) in [7, 11) is 0. The molecule has 3 heteroatoms. The van der Waals surface area contributed by atoms with Gasteiger partial charge in [0.05, 0.1) is 13.2 Å². The Bertz CT molecular complexity index is 306. The van der Waals surface area contributed by atoms with Gasteiger partial charge in [-0.2, -0.15) is 0 Å². The highest BCUT2D eigenvalue weighted by atomic mass is 16.7. The molecule has 1 spiro atoms. The normalized spacial score (nSPS) is 42.3. The van der Waals surface area contributed by atoms with Gasteiger partial charge in [-0.25, -0.2) is 0 Å². The van der Waals surface area contributed by atoms with Gasteiger partial charge in [0.2, 0.25) is 0 Å². The van der Waals surface area contributed by atoms with Crippen LogP contribution in [-0.4, -0.2) is 24.8 Å². The Morgan fingerprint density at radius 2 is 2.00 bits per heavy atom. The number of rotatable bonds is 0. The fourth-order valence-corrected chi connectivity index (χ4v) is 3.70. The van der Waals surface area contributed by atoms with E-state index in [0.29, 0.717) is 11.7 Å². The molecule has 2 atom stereocenters. The van der Waals surface area contributed by atoms with E-state index in [1.807, 2.05) is 0 Å². The van der Waals surface area contributed by atoms with Crippen LogP contribution in [0.15, 0.2) is 0 Å². The van der Waals surface area contributed by atoms with Crippen LogP contribution in [0.5, 0.6) is 0 Å². The third-order valence-electron chi connectivity index (χ3n) is 4.89. The first kappa shape index (κ1) is 10.7. The van der Waals surface area contributed by atoms with Crippen LogP contribution in [0.25, 0.3) is 0 Å². The van der Waals surface area contributed by atoms with Gasteiger partial charge in [-0.05, 0) is 25.2 Å². The van der Waals surface area contributed by atoms with Crippen molar-refractivity contribution >= 4 is 5.78 Å². The summed E-state index contributed by atoms with van der Waals surface area (Å²) < 4.78 is 11.6. The molecule has 2 aliphatic carbocycles. The number of hydrogen-bond acceptors (Lipinski definition) is 3. The standard InChI is InChI=1S/C13H20O3/c1-12-5-6-13(15-7-8-16-13)9-10(12)3-2-4-11(12)14/h10H,2-9H2,1H3/t10?,12-/m0/s1. The summed E-state index contributed by atoms with van der Waals surface area (Å²) >= 11 is 0. The maximum absolute atomic E-state index is 12.1. The first-order valence-electron chi connectivity index (χ1n) is 6.46. The fourth-order valence-electron chi connectivity index (χ4n) is 3.70. The molecule has 16 heavy (non-hydrogen) atoms. The maximum atomic E-state index is 12.1. The minimum absolute atomic E-state index is 0.0845. The zero-order valence-corrected chi connectivity index (χ0v) is 9.96. The van der Waals surface area contributed by atoms with Crippen LogP contribution in [0.4, 0.5) is 0 Å². The summed E-state index contributed by atoms with van der Waals surface area (Å²) in [5.41, 5.74) is -0.0845. The average Bonchev–Trinajstić information content (AvgIpc) is 2.71. The molecule has 3 fully saturated rings. The first-order valence-corrected chi connectivity index (χ1v) is 6.46. The quantitative estimate of drug-likeness (QED) is 0.633. The molecule has 0 aromatic heterocycles. The Morgan fingerprint density at radius 3 is 2.75 bits per heavy atom. The maximum Gasteiger partial charge on any atom is 0.168 e. The molecule has 0 N–H and O–H groups in total. The van der Waals surface area contributed by atoms with Gasteiger partial charge in [0.25, 0.3) is 0 Å². The van der Waals surface area contributed by atoms with Crippen molar-refractivity contribution in [3.63, 3.8) is 0 Å². The van der Waals surface area contributed by atoms with E-state index in [2.05, 4.69) is 6.92 Å². The predicted octanol–water partition coefficient (Wildman–Crippen LogP) is 2.29. The fraction of sp³-hybridized carbons (Fsp3) is 0.923. The van der Waals surface area contributed by atoms with Gasteiger partial charge in [-0.1, -0.05) is 6.92 Å². The van der Waals surface area contributed by atoms with Gasteiger partial charge in [-0.15, -0.1) is 0 Å². The molecular weight excluding hydrogens is 204 g/mol. The van der Waals surface area contributed by atoms with Gasteiger partial charge in [0.1, 0.15) is 5.78 Å². The zero-order valence-electron chi connectivity index (χ0n) is 9.96. The molecule has 0 aromatic carbocycles. The van der Waals surface area contributed by atoms with E-state index in [9.17, 15) is 4.79 Å². The second-order valence-corrected chi connectivity index (χ2v) is 5.74. The SMILES string of the molecule is C[C@]12CCC3(CC1CCCC2=O)OCCO3. The monoisotopic (exact) mass is 224 g/mol. The lowest BCUT2D eigenvalue weighted by molar-refractivity contribution is -0.209. The van der Waals surface area contributed by atoms with Gasteiger partial charge in [-0.3, -0.25) is 4.79 Å². The number of hydrogen-bond donors (Lipinski definition) is 0. The van der Waals surface area contributed by atoms with Gasteiger partial charge >= 0.3 is 0 Å². The summed E-state index contributed by atoms with van der Waals surface area (Å²) in [5.74, 6) is 0.610. The second-order valence-electron chi connectivity index (χ2n) is 5.74. The highest BCUT2D eigenvalue weighted by Gasteiger charge is 2.53. The zero-order chi connectivity index (χ0) is 11.2. The Labute approximate surface area is 96.5 Å². The van der Waals surface area contributed by atoms with Crippen molar-refractivity contribution in [2.24, 2.45) is 11.3 Å². The Hall–Kier alpha value is -0.410. The summed E-state index contributed by atoms with van der Waals surface area (Å²) in [6.07, 6.45) is 5.76. The number of Topliss-reactive ketones (excluding diaryl/α,β-unsaturated/α-hetero) is 1. The molecule has 2 saturated carbocycles. The lowest BCUT2D eigenvalue weighted by Gasteiger charge is -2.49. The highest BCUT2D eigenvalue weighted by molar-refractivity contribution is 5.85. The molecule has 1 saturated heterocycles. The molecule has 0 radical (unpaired) electrons. The molecule has 1 unspecified atom stereocenters. The molecular formula is C13H20O3. The van der Waals surface area contributed by atoms with Crippen LogP contribution in [0, 0.1) is 11.3 Å². The lowest BCUT2D eigenvalue weighted by Crippen LogP contribution is -2.50. The van der Waals surface area contributed by atoms with Crippen molar-refractivity contribution in [1.82, 2.24) is 0 Å². The lowest BCUT2D eigenvalue weighted by atomic mass is 9.58. The van der Waals surface area contributed by atoms with E-state index < -0.39 is 0 Å². The first-order chi connectivity index (χ1) is 7.65. The van der Waals surface area contributed by atoms with Crippen molar-refractivity contribution < 1.29 is 14.3 Å². The molecule has 0 amide bonds. The number of ketones is 1. The van der Waals surface area contributed by atoms with Crippen LogP contribution < -0.4 is 0 Å². The molecule has 3 aliphatic rings. The minimum Gasteiger partial charge on any atom is -0.348 e. The van der Waals surface area contributed by atoms with Crippen molar-refractivity contribution in [2.75, 3.05) is 13.2 Å². The van der Waals surface area contributed by atoms with Crippen LogP contribution in [-0.2, 0) is 14.3 Å². The van der Waals surface area contributed by atoms with E-state index in [4.69, 9.17) is 9.47 Å². The van der Waals surface area contributed by atoms with E-state index in [0.717, 1.165) is 51.7 Å². The number of fused-ring (bicyclic) bond motifs is 1. The average molecular weight is 224 g/mol. The third-order valence-corrected chi connectivity index (χ3v) is 4.89. The second kappa shape index (κ2) is 3.54. The van der Waals surface area contributed by atoms with Crippen molar-refractivity contribution in [1.29, 1.82) is 0 Å². The van der Waals surface area contributed by atoms with Crippen LogP contribution in [0.3, 0.4) is 0 Å². The molecule has 0 aromatic rings. The van der Waals surface area contributed by atoms with Crippen LogP contribution in [0.1, 0.15) is 45.4 Å². The van der Waals surface area contributed by atoms with Crippen molar-refractivity contribution in [3.05, 3.63) is 0 Å². The summed E-state index contributed by atoms with van der Waals surface area (Å²) in [6, 6.07) is 0. The molecule has 1 heterocycles. The number of carbonyl (C=O) groups is 1. The smallest absolute Gasteiger partial charge is 0.168 e.